The molecule has 0 bridgehead atoms. The first-order chi connectivity index (χ1) is 7.63. The number of rotatable bonds is 5. The molecule has 16 heavy (non-hydrogen) atoms. The van der Waals surface area contributed by atoms with Crippen LogP contribution in [-0.2, 0) is 9.53 Å². The number of nitrogens with zero attached hydrogens (tertiary/aromatic N) is 1. The van der Waals surface area contributed by atoms with Gasteiger partial charge >= 0.3 is 0 Å². The maximum absolute atomic E-state index is 11.9. The van der Waals surface area contributed by atoms with Crippen LogP contribution < -0.4 is 0 Å². The van der Waals surface area contributed by atoms with Gasteiger partial charge in [0.25, 0.3) is 0 Å². The van der Waals surface area contributed by atoms with Gasteiger partial charge in [-0.05, 0) is 18.8 Å². The highest BCUT2D eigenvalue weighted by Gasteiger charge is 2.23. The molecule has 1 amide bonds. The molecule has 1 rings (SSSR count). The van der Waals surface area contributed by atoms with Gasteiger partial charge in [-0.2, -0.15) is 0 Å². The van der Waals surface area contributed by atoms with Gasteiger partial charge in [0.1, 0.15) is 0 Å². The number of amides is 1. The zero-order valence-corrected chi connectivity index (χ0v) is 10.4. The van der Waals surface area contributed by atoms with Gasteiger partial charge < -0.3 is 9.64 Å². The van der Waals surface area contributed by atoms with Crippen molar-refractivity contribution in [3.8, 4) is 0 Å². The summed E-state index contributed by atoms with van der Waals surface area (Å²) < 4.78 is 5.61. The molecule has 0 saturated carbocycles. The van der Waals surface area contributed by atoms with E-state index in [9.17, 15) is 4.79 Å². The second kappa shape index (κ2) is 6.69. The summed E-state index contributed by atoms with van der Waals surface area (Å²) in [6.07, 6.45) is 4.71. The van der Waals surface area contributed by atoms with Crippen LogP contribution in [0.15, 0.2) is 12.7 Å². The molecule has 92 valence electrons. The van der Waals surface area contributed by atoms with Crippen molar-refractivity contribution in [2.24, 2.45) is 5.92 Å². The van der Waals surface area contributed by atoms with E-state index in [0.717, 1.165) is 25.9 Å². The largest absolute Gasteiger partial charge is 0.372 e. The summed E-state index contributed by atoms with van der Waals surface area (Å²) in [6.45, 7) is 10.0. The second-order valence-corrected chi connectivity index (χ2v) is 4.82. The van der Waals surface area contributed by atoms with Crippen molar-refractivity contribution in [3.05, 3.63) is 12.7 Å². The fourth-order valence-electron chi connectivity index (χ4n) is 1.98. The number of ether oxygens (including phenoxy) is 1. The minimum absolute atomic E-state index is 0.197. The summed E-state index contributed by atoms with van der Waals surface area (Å²) in [7, 11) is 0. The molecule has 0 aromatic heterocycles. The van der Waals surface area contributed by atoms with Crippen LogP contribution in [0.4, 0.5) is 0 Å². The quantitative estimate of drug-likeness (QED) is 0.671. The number of carbonyl (C=O) groups is 1. The summed E-state index contributed by atoms with van der Waals surface area (Å²) in [5.41, 5.74) is 0. The van der Waals surface area contributed by atoms with E-state index >= 15 is 0 Å². The van der Waals surface area contributed by atoms with Crippen molar-refractivity contribution in [2.45, 2.75) is 39.2 Å². The van der Waals surface area contributed by atoms with Crippen LogP contribution in [-0.4, -0.2) is 36.6 Å². The highest BCUT2D eigenvalue weighted by atomic mass is 16.5. The lowest BCUT2D eigenvalue weighted by atomic mass is 10.1. The molecule has 1 aliphatic heterocycles. The topological polar surface area (TPSA) is 29.5 Å². The molecule has 1 aliphatic rings. The number of hydrogen-bond donors (Lipinski definition) is 0. The van der Waals surface area contributed by atoms with Crippen LogP contribution in [0.3, 0.4) is 0 Å². The van der Waals surface area contributed by atoms with Gasteiger partial charge in [0.05, 0.1) is 12.7 Å². The molecule has 3 nitrogen and oxygen atoms in total. The third-order valence-electron chi connectivity index (χ3n) is 2.76. The summed E-state index contributed by atoms with van der Waals surface area (Å²) in [5.74, 6) is 0.698. The average Bonchev–Trinajstić information content (AvgIpc) is 2.26. The molecule has 0 radical (unpaired) electrons. The Bertz CT molecular complexity index is 238. The Kier molecular flexibility index (Phi) is 5.53. The number of likely N-dealkylation sites (tertiary alicyclic amines) is 1. The van der Waals surface area contributed by atoms with Gasteiger partial charge in [-0.25, -0.2) is 0 Å². The SMILES string of the molecule is C=CCOC1CCCN(C(=O)CC(C)C)C1. The molecule has 1 atom stereocenters. The van der Waals surface area contributed by atoms with E-state index in [4.69, 9.17) is 4.74 Å². The van der Waals surface area contributed by atoms with Gasteiger partial charge in [-0.15, -0.1) is 6.58 Å². The average molecular weight is 225 g/mol. The Morgan fingerprint density at radius 1 is 1.62 bits per heavy atom. The van der Waals surface area contributed by atoms with Crippen LogP contribution >= 0.6 is 0 Å². The van der Waals surface area contributed by atoms with Crippen LogP contribution in [0.2, 0.25) is 0 Å². The van der Waals surface area contributed by atoms with Crippen LogP contribution in [0.1, 0.15) is 33.1 Å². The van der Waals surface area contributed by atoms with Crippen LogP contribution in [0.5, 0.6) is 0 Å². The lowest BCUT2D eigenvalue weighted by Gasteiger charge is -2.33. The number of piperidine rings is 1. The summed E-state index contributed by atoms with van der Waals surface area (Å²) in [4.78, 5) is 13.8. The molecule has 1 unspecified atom stereocenters. The molecule has 1 fully saturated rings. The van der Waals surface area contributed by atoms with Crippen molar-refractivity contribution in [1.29, 1.82) is 0 Å². The van der Waals surface area contributed by atoms with Crippen molar-refractivity contribution >= 4 is 5.91 Å². The van der Waals surface area contributed by atoms with E-state index in [0.29, 0.717) is 18.9 Å². The molecule has 0 aromatic carbocycles. The predicted molar refractivity (Wildman–Crippen MR) is 65.2 cm³/mol. The smallest absolute Gasteiger partial charge is 0.222 e. The van der Waals surface area contributed by atoms with Gasteiger partial charge in [0, 0.05) is 19.5 Å². The fourth-order valence-corrected chi connectivity index (χ4v) is 1.98. The van der Waals surface area contributed by atoms with Crippen molar-refractivity contribution in [3.63, 3.8) is 0 Å². The van der Waals surface area contributed by atoms with Crippen molar-refractivity contribution in [1.82, 2.24) is 4.90 Å². The predicted octanol–water partition coefficient (Wildman–Crippen LogP) is 2.23. The first-order valence-corrected chi connectivity index (χ1v) is 6.13. The number of hydrogen-bond acceptors (Lipinski definition) is 2. The zero-order valence-electron chi connectivity index (χ0n) is 10.4. The highest BCUT2D eigenvalue weighted by molar-refractivity contribution is 5.76. The van der Waals surface area contributed by atoms with Gasteiger partial charge in [0.2, 0.25) is 5.91 Å². The van der Waals surface area contributed by atoms with E-state index in [2.05, 4.69) is 20.4 Å². The summed E-state index contributed by atoms with van der Waals surface area (Å²) in [5, 5.41) is 0. The Labute approximate surface area is 98.5 Å². The molecule has 1 heterocycles. The lowest BCUT2D eigenvalue weighted by Crippen LogP contribution is -2.43. The minimum atomic E-state index is 0.197. The van der Waals surface area contributed by atoms with Gasteiger partial charge in [-0.3, -0.25) is 4.79 Å². The first-order valence-electron chi connectivity index (χ1n) is 6.13. The second-order valence-electron chi connectivity index (χ2n) is 4.82. The molecule has 0 aliphatic carbocycles. The maximum Gasteiger partial charge on any atom is 0.222 e. The van der Waals surface area contributed by atoms with Crippen LogP contribution in [0.25, 0.3) is 0 Å². The van der Waals surface area contributed by atoms with E-state index in [1.54, 1.807) is 6.08 Å². The van der Waals surface area contributed by atoms with Gasteiger partial charge in [0.15, 0.2) is 0 Å². The zero-order chi connectivity index (χ0) is 12.0. The first kappa shape index (κ1) is 13.2. The third kappa shape index (κ3) is 4.35. The highest BCUT2D eigenvalue weighted by Crippen LogP contribution is 2.15. The van der Waals surface area contributed by atoms with Crippen molar-refractivity contribution < 1.29 is 9.53 Å². The molecule has 0 spiro atoms. The van der Waals surface area contributed by atoms with Crippen LogP contribution in [0, 0.1) is 5.92 Å². The lowest BCUT2D eigenvalue weighted by molar-refractivity contribution is -0.135. The van der Waals surface area contributed by atoms with E-state index in [1.807, 2.05) is 4.90 Å². The Morgan fingerprint density at radius 3 is 3.00 bits per heavy atom. The molecule has 0 aromatic rings. The van der Waals surface area contributed by atoms with E-state index in [-0.39, 0.29) is 12.0 Å². The monoisotopic (exact) mass is 225 g/mol. The maximum atomic E-state index is 11.9. The standard InChI is InChI=1S/C13H23NO2/c1-4-8-16-12-6-5-7-14(10-12)13(15)9-11(2)3/h4,11-12H,1,5-10H2,2-3H3. The van der Waals surface area contributed by atoms with Crippen molar-refractivity contribution in [2.75, 3.05) is 19.7 Å². The Hall–Kier alpha value is -0.830. The van der Waals surface area contributed by atoms with Gasteiger partial charge in [-0.1, -0.05) is 19.9 Å². The Morgan fingerprint density at radius 2 is 2.38 bits per heavy atom. The summed E-state index contributed by atoms with van der Waals surface area (Å²) >= 11 is 0. The van der Waals surface area contributed by atoms with E-state index in [1.165, 1.54) is 0 Å². The number of carbonyl (C=O) groups excluding carboxylic acids is 1. The Balaban J connectivity index is 2.37. The normalized spacial score (nSPS) is 21.2. The fraction of sp³-hybridized carbons (Fsp3) is 0.769. The van der Waals surface area contributed by atoms with E-state index < -0.39 is 0 Å². The molecule has 0 N–H and O–H groups in total. The molecule has 1 saturated heterocycles. The third-order valence-corrected chi connectivity index (χ3v) is 2.76. The molecule has 3 heteroatoms. The molecular formula is C13H23NO2. The molecular weight excluding hydrogens is 202 g/mol. The summed E-state index contributed by atoms with van der Waals surface area (Å²) in [6, 6.07) is 0. The minimum Gasteiger partial charge on any atom is -0.372 e.